The minimum Gasteiger partial charge on any atom is -0.481 e. The maximum absolute atomic E-state index is 11.0. The second kappa shape index (κ2) is 5.74. The molecule has 3 heteroatoms. The van der Waals surface area contributed by atoms with Gasteiger partial charge in [0.15, 0.2) is 0 Å². The Kier molecular flexibility index (Phi) is 4.25. The molecule has 0 bridgehead atoms. The summed E-state index contributed by atoms with van der Waals surface area (Å²) in [4.78, 5) is 11.0. The van der Waals surface area contributed by atoms with Crippen LogP contribution in [0.2, 0.25) is 0 Å². The van der Waals surface area contributed by atoms with E-state index >= 15 is 0 Å². The second-order valence-electron chi connectivity index (χ2n) is 5.97. The molecule has 0 aromatic heterocycles. The van der Waals surface area contributed by atoms with Crippen molar-refractivity contribution in [2.24, 2.45) is 0 Å². The fourth-order valence-electron chi connectivity index (χ4n) is 2.72. The van der Waals surface area contributed by atoms with Gasteiger partial charge in [-0.15, -0.1) is 0 Å². The molecule has 1 heterocycles. The summed E-state index contributed by atoms with van der Waals surface area (Å²) in [6.07, 6.45) is 2.27. The number of carbonyl (C=O) groups is 1. The summed E-state index contributed by atoms with van der Waals surface area (Å²) in [6.45, 7) is 5.63. The number of ether oxygens (including phenoxy) is 1. The lowest BCUT2D eigenvalue weighted by molar-refractivity contribution is -0.138. The normalized spacial score (nSPS) is 17.4. The van der Waals surface area contributed by atoms with Gasteiger partial charge < -0.3 is 9.84 Å². The highest BCUT2D eigenvalue weighted by molar-refractivity contribution is 5.68. The number of hydrogen-bond donors (Lipinski definition) is 1. The van der Waals surface area contributed by atoms with Crippen LogP contribution in [-0.2, 0) is 14.9 Å². The Morgan fingerprint density at radius 3 is 2.68 bits per heavy atom. The van der Waals surface area contributed by atoms with Gasteiger partial charge in [-0.2, -0.15) is 0 Å². The molecule has 0 unspecified atom stereocenters. The van der Waals surface area contributed by atoms with Crippen LogP contribution in [0.1, 0.15) is 50.2 Å². The third-order valence-corrected chi connectivity index (χ3v) is 3.95. The van der Waals surface area contributed by atoms with Crippen LogP contribution in [0, 0.1) is 0 Å². The maximum Gasteiger partial charge on any atom is 0.304 e. The topological polar surface area (TPSA) is 46.5 Å². The number of aliphatic carboxylic acids is 1. The molecule has 1 saturated heterocycles. The Balaban J connectivity index is 2.20. The third-order valence-electron chi connectivity index (χ3n) is 3.95. The van der Waals surface area contributed by atoms with E-state index < -0.39 is 5.97 Å². The van der Waals surface area contributed by atoms with Gasteiger partial charge in [0, 0.05) is 18.6 Å². The molecule has 0 saturated carbocycles. The van der Waals surface area contributed by atoms with Crippen molar-refractivity contribution < 1.29 is 14.6 Å². The van der Waals surface area contributed by atoms with Gasteiger partial charge in [-0.05, 0) is 29.9 Å². The first kappa shape index (κ1) is 14.1. The molecule has 1 aromatic rings. The van der Waals surface area contributed by atoms with Gasteiger partial charge in [0.2, 0.25) is 0 Å². The van der Waals surface area contributed by atoms with E-state index in [0.29, 0.717) is 5.92 Å². The van der Waals surface area contributed by atoms with Crippen LogP contribution in [0.3, 0.4) is 0 Å². The molecule has 0 radical (unpaired) electrons. The minimum atomic E-state index is -0.749. The van der Waals surface area contributed by atoms with Crippen LogP contribution in [0.4, 0.5) is 0 Å². The Bertz CT molecular complexity index is 445. The highest BCUT2D eigenvalue weighted by atomic mass is 16.5. The second-order valence-corrected chi connectivity index (χ2v) is 5.97. The first-order valence-electron chi connectivity index (χ1n) is 6.89. The van der Waals surface area contributed by atoms with Crippen molar-refractivity contribution in [2.45, 2.75) is 44.4 Å². The summed E-state index contributed by atoms with van der Waals surface area (Å²) in [5, 5.41) is 9.01. The molecule has 0 amide bonds. The van der Waals surface area contributed by atoms with Crippen molar-refractivity contribution in [1.29, 1.82) is 0 Å². The fraction of sp³-hybridized carbons (Fsp3) is 0.562. The van der Waals surface area contributed by atoms with Crippen LogP contribution < -0.4 is 0 Å². The molecule has 0 atom stereocenters. The number of rotatable bonds is 4. The molecule has 1 fully saturated rings. The third kappa shape index (κ3) is 3.57. The van der Waals surface area contributed by atoms with Gasteiger partial charge in [-0.25, -0.2) is 0 Å². The first-order valence-corrected chi connectivity index (χ1v) is 6.89. The van der Waals surface area contributed by atoms with Gasteiger partial charge in [0.25, 0.3) is 0 Å². The largest absolute Gasteiger partial charge is 0.481 e. The number of carboxylic acids is 1. The van der Waals surface area contributed by atoms with E-state index in [-0.39, 0.29) is 11.8 Å². The molecule has 0 spiro atoms. The lowest BCUT2D eigenvalue weighted by atomic mass is 9.79. The van der Waals surface area contributed by atoms with Crippen LogP contribution in [0.25, 0.3) is 0 Å². The average Bonchev–Trinajstić information content (AvgIpc) is 2.38. The van der Waals surface area contributed by atoms with Crippen molar-refractivity contribution in [3.8, 4) is 0 Å². The Morgan fingerprint density at radius 1 is 1.37 bits per heavy atom. The average molecular weight is 262 g/mol. The minimum absolute atomic E-state index is 0.157. The quantitative estimate of drug-likeness (QED) is 0.905. The summed E-state index contributed by atoms with van der Waals surface area (Å²) >= 11 is 0. The van der Waals surface area contributed by atoms with Crippen molar-refractivity contribution in [2.75, 3.05) is 13.2 Å². The lowest BCUT2D eigenvalue weighted by Gasteiger charge is -2.27. The molecule has 3 nitrogen and oxygen atoms in total. The van der Waals surface area contributed by atoms with E-state index in [2.05, 4.69) is 12.1 Å². The van der Waals surface area contributed by atoms with E-state index in [1.54, 1.807) is 0 Å². The van der Waals surface area contributed by atoms with Crippen molar-refractivity contribution in [3.63, 3.8) is 0 Å². The van der Waals surface area contributed by atoms with E-state index in [1.807, 2.05) is 26.0 Å². The summed E-state index contributed by atoms with van der Waals surface area (Å²) < 4.78 is 5.39. The lowest BCUT2D eigenvalue weighted by Crippen LogP contribution is -2.22. The monoisotopic (exact) mass is 262 g/mol. The molecule has 1 aliphatic heterocycles. The molecule has 1 N–H and O–H groups in total. The molecular formula is C16H22O3. The van der Waals surface area contributed by atoms with Crippen LogP contribution in [0.15, 0.2) is 24.3 Å². The Labute approximate surface area is 114 Å². The zero-order valence-electron chi connectivity index (χ0n) is 11.7. The number of hydrogen-bond acceptors (Lipinski definition) is 2. The predicted molar refractivity (Wildman–Crippen MR) is 74.5 cm³/mol. The van der Waals surface area contributed by atoms with Crippen LogP contribution in [0.5, 0.6) is 0 Å². The Morgan fingerprint density at radius 2 is 2.05 bits per heavy atom. The summed E-state index contributed by atoms with van der Waals surface area (Å²) in [5.41, 5.74) is 2.10. The summed E-state index contributed by atoms with van der Waals surface area (Å²) in [5.74, 6) is -0.198. The van der Waals surface area contributed by atoms with Crippen molar-refractivity contribution in [3.05, 3.63) is 35.4 Å². The zero-order chi connectivity index (χ0) is 13.9. The molecule has 1 aliphatic rings. The molecule has 0 aliphatic carbocycles. The standard InChI is InChI=1S/C16H22O3/c1-16(2,11-15(17)18)14-5-3-4-13(10-14)12-6-8-19-9-7-12/h3-5,10,12H,6-9,11H2,1-2H3,(H,17,18). The van der Waals surface area contributed by atoms with E-state index in [1.165, 1.54) is 5.56 Å². The molecule has 1 aromatic carbocycles. The van der Waals surface area contributed by atoms with E-state index in [0.717, 1.165) is 31.6 Å². The van der Waals surface area contributed by atoms with E-state index in [4.69, 9.17) is 9.84 Å². The predicted octanol–water partition coefficient (Wildman–Crippen LogP) is 3.33. The number of carboxylic acid groups (broad SMARTS) is 1. The molecular weight excluding hydrogens is 240 g/mol. The molecule has 104 valence electrons. The molecule has 2 rings (SSSR count). The number of benzene rings is 1. The fourth-order valence-corrected chi connectivity index (χ4v) is 2.72. The van der Waals surface area contributed by atoms with Gasteiger partial charge in [0.1, 0.15) is 0 Å². The van der Waals surface area contributed by atoms with Crippen molar-refractivity contribution >= 4 is 5.97 Å². The highest BCUT2D eigenvalue weighted by Gasteiger charge is 2.25. The van der Waals surface area contributed by atoms with Crippen LogP contribution >= 0.6 is 0 Å². The van der Waals surface area contributed by atoms with Gasteiger partial charge in [0.05, 0.1) is 6.42 Å². The van der Waals surface area contributed by atoms with Crippen molar-refractivity contribution in [1.82, 2.24) is 0 Å². The highest BCUT2D eigenvalue weighted by Crippen LogP contribution is 2.32. The van der Waals surface area contributed by atoms with Gasteiger partial charge in [-0.3, -0.25) is 4.79 Å². The zero-order valence-corrected chi connectivity index (χ0v) is 11.7. The van der Waals surface area contributed by atoms with E-state index in [9.17, 15) is 4.79 Å². The Hall–Kier alpha value is -1.35. The first-order chi connectivity index (χ1) is 8.99. The van der Waals surface area contributed by atoms with Gasteiger partial charge in [-0.1, -0.05) is 38.1 Å². The van der Waals surface area contributed by atoms with Gasteiger partial charge >= 0.3 is 5.97 Å². The smallest absolute Gasteiger partial charge is 0.304 e. The summed E-state index contributed by atoms with van der Waals surface area (Å²) in [6, 6.07) is 8.41. The van der Waals surface area contributed by atoms with Crippen LogP contribution in [-0.4, -0.2) is 24.3 Å². The SMILES string of the molecule is CC(C)(CC(=O)O)c1cccc(C2CCOCC2)c1. The molecule has 19 heavy (non-hydrogen) atoms. The maximum atomic E-state index is 11.0. The summed E-state index contributed by atoms with van der Waals surface area (Å²) in [7, 11) is 0.